The lowest BCUT2D eigenvalue weighted by Gasteiger charge is -2.53. The standard InChI is InChI=1S/C27H25BrN2O2/c1-26(2,3)29-25(32)27(20-12-8-5-9-13-20)23(18-19-10-6-4-7-11-19)24(31)30(27)22-16-14-21(28)15-17-22/h4-18H,1-3H3,(H,29,32)/b23-18+/t27-/m0/s1. The van der Waals surface area contributed by atoms with Crippen LogP contribution in [0.4, 0.5) is 5.69 Å². The molecule has 1 fully saturated rings. The van der Waals surface area contributed by atoms with E-state index in [0.717, 1.165) is 15.6 Å². The van der Waals surface area contributed by atoms with Crippen LogP contribution in [-0.2, 0) is 15.1 Å². The molecule has 3 aromatic carbocycles. The van der Waals surface area contributed by atoms with Crippen LogP contribution in [0.15, 0.2) is 95.0 Å². The lowest BCUT2D eigenvalue weighted by molar-refractivity contribution is -0.135. The van der Waals surface area contributed by atoms with Crippen molar-refractivity contribution in [2.24, 2.45) is 0 Å². The average Bonchev–Trinajstić information content (AvgIpc) is 2.76. The van der Waals surface area contributed by atoms with Gasteiger partial charge in [-0.15, -0.1) is 0 Å². The van der Waals surface area contributed by atoms with Crippen LogP contribution in [-0.4, -0.2) is 17.4 Å². The van der Waals surface area contributed by atoms with Gasteiger partial charge in [-0.25, -0.2) is 0 Å². The molecule has 1 aliphatic heterocycles. The van der Waals surface area contributed by atoms with E-state index in [1.165, 1.54) is 0 Å². The van der Waals surface area contributed by atoms with Crippen molar-refractivity contribution in [3.8, 4) is 0 Å². The third-order valence-electron chi connectivity index (χ3n) is 5.36. The summed E-state index contributed by atoms with van der Waals surface area (Å²) in [5.41, 5.74) is 0.966. The molecule has 4 rings (SSSR count). The van der Waals surface area contributed by atoms with Gasteiger partial charge in [0.05, 0.1) is 5.57 Å². The Kier molecular flexibility index (Phi) is 5.78. The van der Waals surface area contributed by atoms with Crippen molar-refractivity contribution < 1.29 is 9.59 Å². The van der Waals surface area contributed by atoms with E-state index in [4.69, 9.17) is 0 Å². The molecule has 1 N–H and O–H groups in total. The van der Waals surface area contributed by atoms with Crippen molar-refractivity contribution in [1.29, 1.82) is 0 Å². The van der Waals surface area contributed by atoms with E-state index >= 15 is 0 Å². The van der Waals surface area contributed by atoms with E-state index in [0.29, 0.717) is 11.3 Å². The summed E-state index contributed by atoms with van der Waals surface area (Å²) < 4.78 is 0.902. The third kappa shape index (κ3) is 3.89. The molecule has 3 aromatic rings. The summed E-state index contributed by atoms with van der Waals surface area (Å²) >= 11 is 3.45. The van der Waals surface area contributed by atoms with Gasteiger partial charge in [0, 0.05) is 15.7 Å². The summed E-state index contributed by atoms with van der Waals surface area (Å²) in [4.78, 5) is 29.2. The minimum Gasteiger partial charge on any atom is -0.349 e. The Labute approximate surface area is 197 Å². The summed E-state index contributed by atoms with van der Waals surface area (Å²) in [6.07, 6.45) is 1.83. The number of nitrogens with one attached hydrogen (secondary N) is 1. The maximum atomic E-state index is 14.0. The highest BCUT2D eigenvalue weighted by molar-refractivity contribution is 9.10. The molecule has 5 heteroatoms. The Morgan fingerprint density at radius 3 is 2.03 bits per heavy atom. The Bertz CT molecular complexity index is 1170. The molecule has 1 atom stereocenters. The first kappa shape index (κ1) is 22.0. The molecular weight excluding hydrogens is 464 g/mol. The predicted octanol–water partition coefficient (Wildman–Crippen LogP) is 5.69. The van der Waals surface area contributed by atoms with Gasteiger partial charge < -0.3 is 5.32 Å². The Morgan fingerprint density at radius 1 is 0.906 bits per heavy atom. The highest BCUT2D eigenvalue weighted by Crippen LogP contribution is 2.50. The average molecular weight is 489 g/mol. The number of carbonyl (C=O) groups is 2. The van der Waals surface area contributed by atoms with Crippen LogP contribution in [0.25, 0.3) is 6.08 Å². The molecule has 0 unspecified atom stereocenters. The number of amides is 2. The fourth-order valence-corrected chi connectivity index (χ4v) is 4.29. The summed E-state index contributed by atoms with van der Waals surface area (Å²) in [7, 11) is 0. The van der Waals surface area contributed by atoms with Crippen LogP contribution in [0, 0.1) is 0 Å². The monoisotopic (exact) mass is 488 g/mol. The van der Waals surface area contributed by atoms with Crippen molar-refractivity contribution in [1.82, 2.24) is 5.32 Å². The highest BCUT2D eigenvalue weighted by Gasteiger charge is 2.63. The summed E-state index contributed by atoms with van der Waals surface area (Å²) in [5.74, 6) is -0.426. The molecule has 4 nitrogen and oxygen atoms in total. The molecule has 2 amide bonds. The predicted molar refractivity (Wildman–Crippen MR) is 132 cm³/mol. The van der Waals surface area contributed by atoms with Gasteiger partial charge in [-0.05, 0) is 62.2 Å². The van der Waals surface area contributed by atoms with E-state index in [9.17, 15) is 9.59 Å². The summed E-state index contributed by atoms with van der Waals surface area (Å²) in [5, 5.41) is 3.12. The lowest BCUT2D eigenvalue weighted by atomic mass is 9.70. The second-order valence-electron chi connectivity index (χ2n) is 8.87. The Hall–Kier alpha value is -3.18. The first-order chi connectivity index (χ1) is 15.2. The molecule has 32 heavy (non-hydrogen) atoms. The van der Waals surface area contributed by atoms with Crippen molar-refractivity contribution in [2.75, 3.05) is 4.90 Å². The first-order valence-corrected chi connectivity index (χ1v) is 11.3. The van der Waals surface area contributed by atoms with Crippen molar-refractivity contribution in [3.05, 3.63) is 106 Å². The summed E-state index contributed by atoms with van der Waals surface area (Å²) in [6, 6.07) is 26.6. The van der Waals surface area contributed by atoms with Gasteiger partial charge >= 0.3 is 0 Å². The zero-order valence-electron chi connectivity index (χ0n) is 18.3. The minimum absolute atomic E-state index is 0.191. The topological polar surface area (TPSA) is 49.4 Å². The van der Waals surface area contributed by atoms with E-state index in [1.807, 2.05) is 112 Å². The van der Waals surface area contributed by atoms with Crippen LogP contribution in [0.3, 0.4) is 0 Å². The summed E-state index contributed by atoms with van der Waals surface area (Å²) in [6.45, 7) is 5.82. The van der Waals surface area contributed by atoms with Crippen molar-refractivity contribution >= 4 is 39.5 Å². The number of β-lactam (4-membered cyclic amide) rings is 1. The van der Waals surface area contributed by atoms with Gasteiger partial charge in [0.15, 0.2) is 5.54 Å². The van der Waals surface area contributed by atoms with E-state index in [1.54, 1.807) is 4.90 Å². The highest BCUT2D eigenvalue weighted by atomic mass is 79.9. The van der Waals surface area contributed by atoms with Gasteiger partial charge in [-0.3, -0.25) is 14.5 Å². The molecule has 1 aliphatic rings. The molecule has 1 heterocycles. The second kappa shape index (κ2) is 8.40. The normalized spacial score (nSPS) is 19.6. The van der Waals surface area contributed by atoms with Crippen LogP contribution in [0.1, 0.15) is 31.9 Å². The number of anilines is 1. The van der Waals surface area contributed by atoms with Gasteiger partial charge in [0.1, 0.15) is 0 Å². The molecule has 0 spiro atoms. The van der Waals surface area contributed by atoms with Crippen LogP contribution in [0.5, 0.6) is 0 Å². The van der Waals surface area contributed by atoms with E-state index in [-0.39, 0.29) is 11.8 Å². The molecular formula is C27H25BrN2O2. The van der Waals surface area contributed by atoms with Crippen molar-refractivity contribution in [2.45, 2.75) is 31.8 Å². The van der Waals surface area contributed by atoms with E-state index < -0.39 is 11.1 Å². The van der Waals surface area contributed by atoms with Crippen LogP contribution < -0.4 is 10.2 Å². The molecule has 0 radical (unpaired) electrons. The number of carbonyl (C=O) groups excluding carboxylic acids is 2. The second-order valence-corrected chi connectivity index (χ2v) is 9.78. The van der Waals surface area contributed by atoms with Gasteiger partial charge in [0.25, 0.3) is 11.8 Å². The fourth-order valence-electron chi connectivity index (χ4n) is 4.03. The number of hydrogen-bond acceptors (Lipinski definition) is 2. The number of nitrogens with zero attached hydrogens (tertiary/aromatic N) is 1. The SMILES string of the molecule is CC(C)(C)NC(=O)[C@]1(c2ccccc2)/C(=C/c2ccccc2)C(=O)N1c1ccc(Br)cc1. The fraction of sp³-hybridized carbons (Fsp3) is 0.185. The number of hydrogen-bond donors (Lipinski definition) is 1. The maximum absolute atomic E-state index is 14.0. The smallest absolute Gasteiger partial charge is 0.259 e. The van der Waals surface area contributed by atoms with Crippen LogP contribution in [0.2, 0.25) is 0 Å². The zero-order valence-corrected chi connectivity index (χ0v) is 19.9. The molecule has 0 aromatic heterocycles. The molecule has 0 bridgehead atoms. The van der Waals surface area contributed by atoms with Crippen LogP contribution >= 0.6 is 15.9 Å². The molecule has 0 saturated carbocycles. The maximum Gasteiger partial charge on any atom is 0.259 e. The number of benzene rings is 3. The number of halogens is 1. The quantitative estimate of drug-likeness (QED) is 0.378. The zero-order chi connectivity index (χ0) is 22.9. The third-order valence-corrected chi connectivity index (χ3v) is 5.89. The largest absolute Gasteiger partial charge is 0.349 e. The van der Waals surface area contributed by atoms with Gasteiger partial charge in [0.2, 0.25) is 0 Å². The van der Waals surface area contributed by atoms with E-state index in [2.05, 4.69) is 21.2 Å². The Morgan fingerprint density at radius 2 is 1.47 bits per heavy atom. The molecule has 1 saturated heterocycles. The first-order valence-electron chi connectivity index (χ1n) is 10.5. The number of rotatable bonds is 4. The molecule has 162 valence electrons. The minimum atomic E-state index is -1.28. The molecule has 0 aliphatic carbocycles. The van der Waals surface area contributed by atoms with Gasteiger partial charge in [-0.2, -0.15) is 0 Å². The Balaban J connectivity index is 1.97. The van der Waals surface area contributed by atoms with Crippen molar-refractivity contribution in [3.63, 3.8) is 0 Å². The van der Waals surface area contributed by atoms with Gasteiger partial charge in [-0.1, -0.05) is 76.6 Å². The lowest BCUT2D eigenvalue weighted by Crippen LogP contribution is -2.71.